The average molecular weight is 176 g/mol. The van der Waals surface area contributed by atoms with E-state index in [2.05, 4.69) is 31.2 Å². The number of hydrogen-bond donors (Lipinski definition) is 1. The normalized spacial score (nSPS) is 18.6. The van der Waals surface area contributed by atoms with Gasteiger partial charge in [-0.25, -0.2) is 0 Å². The lowest BCUT2D eigenvalue weighted by molar-refractivity contribution is 0.151. The minimum absolute atomic E-state index is 0.109. The highest BCUT2D eigenvalue weighted by Gasteiger charge is 2.29. The number of aliphatic hydroxyl groups excluding tert-OH is 1. The van der Waals surface area contributed by atoms with Gasteiger partial charge in [-0.1, -0.05) is 29.8 Å². The minimum atomic E-state index is -0.109. The Morgan fingerprint density at radius 3 is 2.46 bits per heavy atom. The van der Waals surface area contributed by atoms with Crippen LogP contribution in [0.2, 0.25) is 0 Å². The Hall–Kier alpha value is -0.820. The molecule has 1 N–H and O–H groups in total. The average Bonchev–Trinajstić information content (AvgIpc) is 2.91. The first-order valence-corrected chi connectivity index (χ1v) is 4.99. The molecule has 1 aliphatic rings. The van der Waals surface area contributed by atoms with E-state index in [0.717, 1.165) is 6.42 Å². The summed E-state index contributed by atoms with van der Waals surface area (Å²) in [6, 6.07) is 8.44. The van der Waals surface area contributed by atoms with Gasteiger partial charge in [-0.2, -0.15) is 0 Å². The van der Waals surface area contributed by atoms with Gasteiger partial charge in [-0.3, -0.25) is 0 Å². The summed E-state index contributed by atoms with van der Waals surface area (Å²) in [4.78, 5) is 0. The zero-order chi connectivity index (χ0) is 9.26. The first-order chi connectivity index (χ1) is 6.25. The first kappa shape index (κ1) is 8.76. The van der Waals surface area contributed by atoms with Crippen molar-refractivity contribution in [1.82, 2.24) is 0 Å². The van der Waals surface area contributed by atoms with Gasteiger partial charge in [0.05, 0.1) is 6.10 Å². The Labute approximate surface area is 79.4 Å². The van der Waals surface area contributed by atoms with Crippen molar-refractivity contribution in [2.24, 2.45) is 5.92 Å². The van der Waals surface area contributed by atoms with Gasteiger partial charge in [0.25, 0.3) is 0 Å². The van der Waals surface area contributed by atoms with E-state index in [9.17, 15) is 5.11 Å². The van der Waals surface area contributed by atoms with E-state index in [1.165, 1.54) is 24.0 Å². The van der Waals surface area contributed by atoms with Crippen LogP contribution in [0.5, 0.6) is 0 Å². The number of aryl methyl sites for hydroxylation is 1. The molecule has 1 aromatic rings. The maximum Gasteiger partial charge on any atom is 0.0608 e. The molecule has 70 valence electrons. The van der Waals surface area contributed by atoms with Crippen LogP contribution in [0.15, 0.2) is 24.3 Å². The van der Waals surface area contributed by atoms with Crippen LogP contribution >= 0.6 is 0 Å². The zero-order valence-corrected chi connectivity index (χ0v) is 8.03. The molecule has 1 nitrogen and oxygen atoms in total. The molecule has 0 heterocycles. The molecule has 1 atom stereocenters. The van der Waals surface area contributed by atoms with Gasteiger partial charge in [0.15, 0.2) is 0 Å². The lowest BCUT2D eigenvalue weighted by atomic mass is 10.0. The molecule has 0 aliphatic heterocycles. The maximum atomic E-state index is 9.71. The van der Waals surface area contributed by atoms with Gasteiger partial charge < -0.3 is 5.11 Å². The van der Waals surface area contributed by atoms with Gasteiger partial charge in [-0.15, -0.1) is 0 Å². The van der Waals surface area contributed by atoms with Crippen LogP contribution in [-0.4, -0.2) is 11.2 Å². The third-order valence-corrected chi connectivity index (χ3v) is 2.73. The number of benzene rings is 1. The molecule has 0 amide bonds. The summed E-state index contributed by atoms with van der Waals surface area (Å²) in [6.45, 7) is 2.08. The number of rotatable bonds is 3. The Morgan fingerprint density at radius 1 is 1.31 bits per heavy atom. The summed E-state index contributed by atoms with van der Waals surface area (Å²) < 4.78 is 0. The Balaban J connectivity index is 1.96. The highest BCUT2D eigenvalue weighted by Crippen LogP contribution is 2.33. The quantitative estimate of drug-likeness (QED) is 0.749. The first-order valence-electron chi connectivity index (χ1n) is 4.99. The van der Waals surface area contributed by atoms with Gasteiger partial charge in [0, 0.05) is 0 Å². The van der Waals surface area contributed by atoms with Crippen molar-refractivity contribution in [3.8, 4) is 0 Å². The summed E-state index contributed by atoms with van der Waals surface area (Å²) in [7, 11) is 0. The third kappa shape index (κ3) is 2.31. The van der Waals surface area contributed by atoms with Gasteiger partial charge >= 0.3 is 0 Å². The second-order valence-electron chi connectivity index (χ2n) is 4.09. The zero-order valence-electron chi connectivity index (χ0n) is 8.03. The molecule has 13 heavy (non-hydrogen) atoms. The standard InChI is InChI=1S/C12H16O/c1-9-2-4-10(5-3-9)8-12(13)11-6-7-11/h2-5,11-13H,6-8H2,1H3/t12-/m1/s1. The lowest BCUT2D eigenvalue weighted by Crippen LogP contribution is -2.12. The Bertz CT molecular complexity index is 272. The van der Waals surface area contributed by atoms with Gasteiger partial charge in [0.1, 0.15) is 0 Å². The summed E-state index contributed by atoms with van der Waals surface area (Å²) in [5.74, 6) is 0.585. The van der Waals surface area contributed by atoms with E-state index >= 15 is 0 Å². The molecule has 1 heteroatoms. The topological polar surface area (TPSA) is 20.2 Å². The third-order valence-electron chi connectivity index (χ3n) is 2.73. The Morgan fingerprint density at radius 2 is 1.92 bits per heavy atom. The van der Waals surface area contributed by atoms with Crippen LogP contribution in [-0.2, 0) is 6.42 Å². The van der Waals surface area contributed by atoms with E-state index in [0.29, 0.717) is 5.92 Å². The van der Waals surface area contributed by atoms with E-state index in [-0.39, 0.29) is 6.10 Å². The molecule has 2 rings (SSSR count). The summed E-state index contributed by atoms with van der Waals surface area (Å²) >= 11 is 0. The summed E-state index contributed by atoms with van der Waals surface area (Å²) in [6.07, 6.45) is 3.15. The van der Waals surface area contributed by atoms with Crippen molar-refractivity contribution in [2.45, 2.75) is 32.3 Å². The summed E-state index contributed by atoms with van der Waals surface area (Å²) in [5.41, 5.74) is 2.54. The smallest absolute Gasteiger partial charge is 0.0608 e. The molecule has 0 aromatic heterocycles. The fourth-order valence-electron chi connectivity index (χ4n) is 1.61. The molecular formula is C12H16O. The Kier molecular flexibility index (Phi) is 2.36. The molecule has 0 saturated heterocycles. The van der Waals surface area contributed by atoms with Crippen LogP contribution in [0.1, 0.15) is 24.0 Å². The van der Waals surface area contributed by atoms with Crippen LogP contribution in [0, 0.1) is 12.8 Å². The lowest BCUT2D eigenvalue weighted by Gasteiger charge is -2.08. The summed E-state index contributed by atoms with van der Waals surface area (Å²) in [5, 5.41) is 9.71. The van der Waals surface area contributed by atoms with E-state index in [1.807, 2.05) is 0 Å². The van der Waals surface area contributed by atoms with Crippen LogP contribution in [0.25, 0.3) is 0 Å². The maximum absolute atomic E-state index is 9.71. The van der Waals surface area contributed by atoms with E-state index in [1.54, 1.807) is 0 Å². The second-order valence-corrected chi connectivity index (χ2v) is 4.09. The van der Waals surface area contributed by atoms with Crippen molar-refractivity contribution >= 4 is 0 Å². The van der Waals surface area contributed by atoms with Crippen LogP contribution < -0.4 is 0 Å². The molecule has 1 aliphatic carbocycles. The fourth-order valence-corrected chi connectivity index (χ4v) is 1.61. The van der Waals surface area contributed by atoms with Crippen molar-refractivity contribution in [3.05, 3.63) is 35.4 Å². The predicted molar refractivity (Wildman–Crippen MR) is 53.6 cm³/mol. The van der Waals surface area contributed by atoms with E-state index in [4.69, 9.17) is 0 Å². The molecule has 1 aromatic carbocycles. The van der Waals surface area contributed by atoms with Crippen LogP contribution in [0.4, 0.5) is 0 Å². The SMILES string of the molecule is Cc1ccc(C[C@@H](O)C2CC2)cc1. The van der Waals surface area contributed by atoms with Crippen molar-refractivity contribution in [1.29, 1.82) is 0 Å². The molecule has 0 spiro atoms. The van der Waals surface area contributed by atoms with Gasteiger partial charge in [0.2, 0.25) is 0 Å². The highest BCUT2D eigenvalue weighted by molar-refractivity contribution is 5.22. The minimum Gasteiger partial charge on any atom is -0.392 e. The van der Waals surface area contributed by atoms with Gasteiger partial charge in [-0.05, 0) is 37.7 Å². The van der Waals surface area contributed by atoms with E-state index < -0.39 is 0 Å². The number of hydrogen-bond acceptors (Lipinski definition) is 1. The van der Waals surface area contributed by atoms with Crippen molar-refractivity contribution in [3.63, 3.8) is 0 Å². The molecule has 0 unspecified atom stereocenters. The molecule has 0 bridgehead atoms. The molecule has 0 radical (unpaired) electrons. The van der Waals surface area contributed by atoms with Crippen molar-refractivity contribution in [2.75, 3.05) is 0 Å². The molecular weight excluding hydrogens is 160 g/mol. The highest BCUT2D eigenvalue weighted by atomic mass is 16.3. The fraction of sp³-hybridized carbons (Fsp3) is 0.500. The van der Waals surface area contributed by atoms with Crippen molar-refractivity contribution < 1.29 is 5.11 Å². The molecule has 1 saturated carbocycles. The molecule has 1 fully saturated rings. The second kappa shape index (κ2) is 3.51. The monoisotopic (exact) mass is 176 g/mol. The number of aliphatic hydroxyl groups is 1. The predicted octanol–water partition coefficient (Wildman–Crippen LogP) is 2.31. The van der Waals surface area contributed by atoms with Crippen LogP contribution in [0.3, 0.4) is 0 Å². The largest absolute Gasteiger partial charge is 0.392 e.